The van der Waals surface area contributed by atoms with E-state index in [0.717, 1.165) is 12.0 Å². The molecule has 18 heavy (non-hydrogen) atoms. The minimum Gasteiger partial charge on any atom is -0.377 e. The molecule has 2 N–H and O–H groups in total. The molecule has 0 unspecified atom stereocenters. The summed E-state index contributed by atoms with van der Waals surface area (Å²) in [5, 5.41) is 0. The summed E-state index contributed by atoms with van der Waals surface area (Å²) in [5.74, 6) is 0.216. The Labute approximate surface area is 109 Å². The number of carbonyl (C=O) groups excluding carboxylic acids is 1. The quantitative estimate of drug-likeness (QED) is 0.720. The fourth-order valence-electron chi connectivity index (χ4n) is 1.55. The molecule has 0 bridgehead atoms. The van der Waals surface area contributed by atoms with Gasteiger partial charge in [-0.2, -0.15) is 0 Å². The van der Waals surface area contributed by atoms with Crippen LogP contribution in [0.1, 0.15) is 32.3 Å². The summed E-state index contributed by atoms with van der Waals surface area (Å²) in [7, 11) is 0. The van der Waals surface area contributed by atoms with Crippen LogP contribution in [0.3, 0.4) is 0 Å². The van der Waals surface area contributed by atoms with Crippen molar-refractivity contribution in [3.05, 3.63) is 35.9 Å². The van der Waals surface area contributed by atoms with Crippen LogP contribution in [-0.2, 0) is 16.1 Å². The Morgan fingerprint density at radius 3 is 2.56 bits per heavy atom. The molecule has 3 heteroatoms. The molecule has 0 fully saturated rings. The smallest absolute Gasteiger partial charge is 0.139 e. The summed E-state index contributed by atoms with van der Waals surface area (Å²) in [6, 6.07) is 10.0. The molecule has 0 saturated carbocycles. The predicted molar refractivity (Wildman–Crippen MR) is 73.2 cm³/mol. The van der Waals surface area contributed by atoms with Crippen molar-refractivity contribution in [3.63, 3.8) is 0 Å². The standard InChI is InChI=1S/C15H23NO2/c1-15(2,12-16)14(17)9-6-10-18-11-13-7-4-3-5-8-13/h3-5,7-8H,6,9-12,16H2,1-2H3. The first-order valence-electron chi connectivity index (χ1n) is 6.41. The lowest BCUT2D eigenvalue weighted by Gasteiger charge is -2.20. The molecule has 1 rings (SSSR count). The molecule has 0 spiro atoms. The first-order chi connectivity index (χ1) is 8.56. The number of hydrogen-bond acceptors (Lipinski definition) is 3. The molecule has 0 amide bonds. The highest BCUT2D eigenvalue weighted by atomic mass is 16.5. The van der Waals surface area contributed by atoms with Crippen molar-refractivity contribution in [1.29, 1.82) is 0 Å². The van der Waals surface area contributed by atoms with Gasteiger partial charge >= 0.3 is 0 Å². The van der Waals surface area contributed by atoms with Crippen LogP contribution in [0.25, 0.3) is 0 Å². The van der Waals surface area contributed by atoms with Gasteiger partial charge in [0.1, 0.15) is 5.78 Å². The van der Waals surface area contributed by atoms with E-state index in [2.05, 4.69) is 0 Å². The molecular formula is C15H23NO2. The Bertz CT molecular complexity index is 360. The fraction of sp³-hybridized carbons (Fsp3) is 0.533. The molecule has 0 heterocycles. The third-order valence-corrected chi connectivity index (χ3v) is 3.07. The zero-order valence-corrected chi connectivity index (χ0v) is 11.3. The lowest BCUT2D eigenvalue weighted by Crippen LogP contribution is -2.32. The monoisotopic (exact) mass is 249 g/mol. The first kappa shape index (κ1) is 14.9. The van der Waals surface area contributed by atoms with E-state index < -0.39 is 5.41 Å². The van der Waals surface area contributed by atoms with E-state index in [-0.39, 0.29) is 5.78 Å². The van der Waals surface area contributed by atoms with Gasteiger partial charge in [-0.15, -0.1) is 0 Å². The third-order valence-electron chi connectivity index (χ3n) is 3.07. The molecular weight excluding hydrogens is 226 g/mol. The normalized spacial score (nSPS) is 11.5. The Hall–Kier alpha value is -1.19. The molecule has 0 atom stereocenters. The van der Waals surface area contributed by atoms with Crippen molar-refractivity contribution in [2.75, 3.05) is 13.2 Å². The average molecular weight is 249 g/mol. The first-order valence-corrected chi connectivity index (χ1v) is 6.41. The van der Waals surface area contributed by atoms with E-state index >= 15 is 0 Å². The van der Waals surface area contributed by atoms with Crippen molar-refractivity contribution < 1.29 is 9.53 Å². The second-order valence-corrected chi connectivity index (χ2v) is 5.15. The third kappa shape index (κ3) is 4.98. The van der Waals surface area contributed by atoms with Gasteiger partial charge in [0.25, 0.3) is 0 Å². The summed E-state index contributed by atoms with van der Waals surface area (Å²) in [5.41, 5.74) is 6.32. The molecule has 1 aromatic rings. The molecule has 1 aromatic carbocycles. The van der Waals surface area contributed by atoms with Gasteiger partial charge < -0.3 is 10.5 Å². The molecule has 100 valence electrons. The van der Waals surface area contributed by atoms with Gasteiger partial charge in [0.15, 0.2) is 0 Å². The van der Waals surface area contributed by atoms with Crippen molar-refractivity contribution in [2.24, 2.45) is 11.1 Å². The lowest BCUT2D eigenvalue weighted by atomic mass is 9.86. The summed E-state index contributed by atoms with van der Waals surface area (Å²) < 4.78 is 5.53. The van der Waals surface area contributed by atoms with Gasteiger partial charge in [-0.3, -0.25) is 4.79 Å². The molecule has 0 saturated heterocycles. The number of rotatable bonds is 8. The van der Waals surface area contributed by atoms with E-state index in [1.807, 2.05) is 44.2 Å². The second-order valence-electron chi connectivity index (χ2n) is 5.15. The number of hydrogen-bond donors (Lipinski definition) is 1. The summed E-state index contributed by atoms with van der Waals surface area (Å²) >= 11 is 0. The number of ether oxygens (including phenoxy) is 1. The van der Waals surface area contributed by atoms with Gasteiger partial charge in [-0.25, -0.2) is 0 Å². The van der Waals surface area contributed by atoms with Crippen LogP contribution in [-0.4, -0.2) is 18.9 Å². The lowest BCUT2D eigenvalue weighted by molar-refractivity contribution is -0.127. The fourth-order valence-corrected chi connectivity index (χ4v) is 1.55. The van der Waals surface area contributed by atoms with Crippen LogP contribution in [0.2, 0.25) is 0 Å². The van der Waals surface area contributed by atoms with E-state index in [9.17, 15) is 4.79 Å². The van der Waals surface area contributed by atoms with Crippen molar-refractivity contribution >= 4 is 5.78 Å². The van der Waals surface area contributed by atoms with E-state index in [0.29, 0.717) is 26.2 Å². The van der Waals surface area contributed by atoms with Crippen molar-refractivity contribution in [1.82, 2.24) is 0 Å². The maximum atomic E-state index is 11.8. The van der Waals surface area contributed by atoms with Crippen LogP contribution in [0.4, 0.5) is 0 Å². The number of ketones is 1. The van der Waals surface area contributed by atoms with Gasteiger partial charge in [-0.1, -0.05) is 44.2 Å². The highest BCUT2D eigenvalue weighted by molar-refractivity contribution is 5.84. The SMILES string of the molecule is CC(C)(CN)C(=O)CCCOCc1ccccc1. The average Bonchev–Trinajstić information content (AvgIpc) is 2.39. The number of nitrogens with two attached hydrogens (primary N) is 1. The topological polar surface area (TPSA) is 52.3 Å². The highest BCUT2D eigenvalue weighted by Gasteiger charge is 2.24. The van der Waals surface area contributed by atoms with Crippen LogP contribution >= 0.6 is 0 Å². The highest BCUT2D eigenvalue weighted by Crippen LogP contribution is 2.17. The largest absolute Gasteiger partial charge is 0.377 e. The molecule has 0 aromatic heterocycles. The molecule has 0 radical (unpaired) electrons. The van der Waals surface area contributed by atoms with Gasteiger partial charge in [-0.05, 0) is 12.0 Å². The number of Topliss-reactive ketones (excluding diaryl/α,β-unsaturated/α-hetero) is 1. The van der Waals surface area contributed by atoms with Crippen LogP contribution in [0, 0.1) is 5.41 Å². The van der Waals surface area contributed by atoms with E-state index in [4.69, 9.17) is 10.5 Å². The minimum absolute atomic E-state index is 0.216. The Balaban J connectivity index is 2.14. The molecule has 0 aliphatic rings. The van der Waals surface area contributed by atoms with Crippen LogP contribution < -0.4 is 5.73 Å². The molecule has 0 aliphatic carbocycles. The minimum atomic E-state index is -0.403. The molecule has 0 aliphatic heterocycles. The van der Waals surface area contributed by atoms with Crippen molar-refractivity contribution in [3.8, 4) is 0 Å². The zero-order chi connectivity index (χ0) is 13.4. The Morgan fingerprint density at radius 2 is 1.94 bits per heavy atom. The Morgan fingerprint density at radius 1 is 1.28 bits per heavy atom. The maximum absolute atomic E-state index is 11.8. The molecule has 3 nitrogen and oxygen atoms in total. The van der Waals surface area contributed by atoms with E-state index in [1.165, 1.54) is 0 Å². The Kier molecular flexibility index (Phi) is 6.02. The summed E-state index contributed by atoms with van der Waals surface area (Å²) in [4.78, 5) is 11.8. The van der Waals surface area contributed by atoms with Gasteiger partial charge in [0.05, 0.1) is 6.61 Å². The second kappa shape index (κ2) is 7.29. The van der Waals surface area contributed by atoms with E-state index in [1.54, 1.807) is 0 Å². The number of benzene rings is 1. The predicted octanol–water partition coefficient (Wildman–Crippen LogP) is 2.54. The van der Waals surface area contributed by atoms with Crippen LogP contribution in [0.15, 0.2) is 30.3 Å². The zero-order valence-electron chi connectivity index (χ0n) is 11.3. The van der Waals surface area contributed by atoms with Gasteiger partial charge in [0, 0.05) is 25.0 Å². The van der Waals surface area contributed by atoms with Crippen molar-refractivity contribution in [2.45, 2.75) is 33.3 Å². The van der Waals surface area contributed by atoms with Gasteiger partial charge in [0.2, 0.25) is 0 Å². The summed E-state index contributed by atoms with van der Waals surface area (Å²) in [6.45, 7) is 5.40. The summed E-state index contributed by atoms with van der Waals surface area (Å²) in [6.07, 6.45) is 1.30. The number of carbonyl (C=O) groups is 1. The maximum Gasteiger partial charge on any atom is 0.139 e. The van der Waals surface area contributed by atoms with Crippen LogP contribution in [0.5, 0.6) is 0 Å².